The second-order valence-corrected chi connectivity index (χ2v) is 9.36. The number of nitrogens with zero attached hydrogens (tertiary/aromatic N) is 2. The quantitative estimate of drug-likeness (QED) is 0.192. The van der Waals surface area contributed by atoms with Crippen LogP contribution < -0.4 is 19.2 Å². The standard InChI is InChI=1S/C24H22ClN3O7S/c1-33-21-12-11-17(13-22(21)35-24(30)34-2)15-26-27-23(29)16-28(19-8-6-7-18(25)14-19)36(31,32)20-9-4-3-5-10-20/h3-15H,16H2,1-2H3,(H,27,29)/b26-15-. The van der Waals surface area contributed by atoms with Crippen molar-refractivity contribution >= 4 is 45.6 Å². The number of amides is 1. The maximum Gasteiger partial charge on any atom is 0.513 e. The number of carbonyl (C=O) groups is 2. The SMILES string of the molecule is COC(=O)Oc1cc(/C=N\NC(=O)CN(c2cccc(Cl)c2)S(=O)(=O)c2ccccc2)ccc1OC. The number of hydrazone groups is 1. The predicted octanol–water partition coefficient (Wildman–Crippen LogP) is 3.84. The van der Waals surface area contributed by atoms with Gasteiger partial charge in [0.1, 0.15) is 6.54 Å². The van der Waals surface area contributed by atoms with Crippen molar-refractivity contribution in [3.05, 3.63) is 83.4 Å². The summed E-state index contributed by atoms with van der Waals surface area (Å²) in [5.74, 6) is -0.337. The molecule has 3 aromatic carbocycles. The summed E-state index contributed by atoms with van der Waals surface area (Å²) in [6.45, 7) is -0.561. The van der Waals surface area contributed by atoms with Gasteiger partial charge in [-0.25, -0.2) is 18.6 Å². The van der Waals surface area contributed by atoms with Gasteiger partial charge in [-0.2, -0.15) is 5.10 Å². The van der Waals surface area contributed by atoms with E-state index in [9.17, 15) is 18.0 Å². The molecule has 36 heavy (non-hydrogen) atoms. The average molecular weight is 532 g/mol. The van der Waals surface area contributed by atoms with Crippen LogP contribution in [0.2, 0.25) is 5.02 Å². The van der Waals surface area contributed by atoms with Crippen molar-refractivity contribution in [2.75, 3.05) is 25.1 Å². The molecule has 0 aliphatic carbocycles. The molecule has 0 bridgehead atoms. The molecule has 10 nitrogen and oxygen atoms in total. The van der Waals surface area contributed by atoms with E-state index in [0.717, 1.165) is 4.31 Å². The van der Waals surface area contributed by atoms with Crippen molar-refractivity contribution in [1.82, 2.24) is 5.43 Å². The predicted molar refractivity (Wildman–Crippen MR) is 134 cm³/mol. The lowest BCUT2D eigenvalue weighted by Crippen LogP contribution is -2.39. The highest BCUT2D eigenvalue weighted by Gasteiger charge is 2.27. The Morgan fingerprint density at radius 1 is 1.00 bits per heavy atom. The molecule has 0 fully saturated rings. The Morgan fingerprint density at radius 2 is 1.75 bits per heavy atom. The summed E-state index contributed by atoms with van der Waals surface area (Å²) in [5, 5.41) is 4.18. The summed E-state index contributed by atoms with van der Waals surface area (Å²) in [6, 6.07) is 18.5. The average Bonchev–Trinajstić information content (AvgIpc) is 2.87. The molecular formula is C24H22ClN3O7S. The number of hydrogen-bond donors (Lipinski definition) is 1. The fourth-order valence-electron chi connectivity index (χ4n) is 3.00. The Hall–Kier alpha value is -4.09. The summed E-state index contributed by atoms with van der Waals surface area (Å²) in [6.07, 6.45) is 0.355. The van der Waals surface area contributed by atoms with Crippen molar-refractivity contribution in [3.8, 4) is 11.5 Å². The van der Waals surface area contributed by atoms with E-state index in [1.165, 1.54) is 56.8 Å². The number of sulfonamides is 1. The number of hydrogen-bond acceptors (Lipinski definition) is 8. The van der Waals surface area contributed by atoms with Crippen molar-refractivity contribution in [2.24, 2.45) is 5.10 Å². The zero-order chi connectivity index (χ0) is 26.1. The zero-order valence-corrected chi connectivity index (χ0v) is 20.8. The first-order valence-corrected chi connectivity index (χ1v) is 12.2. The van der Waals surface area contributed by atoms with Crippen molar-refractivity contribution in [3.63, 3.8) is 0 Å². The van der Waals surface area contributed by atoms with Gasteiger partial charge < -0.3 is 14.2 Å². The first-order valence-electron chi connectivity index (χ1n) is 10.3. The van der Waals surface area contributed by atoms with Gasteiger partial charge in [0, 0.05) is 5.02 Å². The van der Waals surface area contributed by atoms with E-state index in [4.69, 9.17) is 21.1 Å². The maximum atomic E-state index is 13.3. The number of carbonyl (C=O) groups excluding carboxylic acids is 2. The number of benzene rings is 3. The van der Waals surface area contributed by atoms with E-state index in [0.29, 0.717) is 10.6 Å². The molecule has 1 amide bonds. The number of methoxy groups -OCH3 is 2. The Bertz CT molecular complexity index is 1370. The molecule has 0 aliphatic rings. The molecule has 3 rings (SSSR count). The lowest BCUT2D eigenvalue weighted by atomic mass is 10.2. The Morgan fingerprint density at radius 3 is 2.42 bits per heavy atom. The topological polar surface area (TPSA) is 124 Å². The van der Waals surface area contributed by atoms with Gasteiger partial charge in [0.25, 0.3) is 15.9 Å². The Kier molecular flexibility index (Phi) is 8.87. The van der Waals surface area contributed by atoms with E-state index < -0.39 is 28.6 Å². The van der Waals surface area contributed by atoms with E-state index in [2.05, 4.69) is 15.3 Å². The van der Waals surface area contributed by atoms with Crippen molar-refractivity contribution < 1.29 is 32.2 Å². The summed E-state index contributed by atoms with van der Waals surface area (Å²) < 4.78 is 42.1. The van der Waals surface area contributed by atoms with Crippen LogP contribution in [0.3, 0.4) is 0 Å². The van der Waals surface area contributed by atoms with Crippen LogP contribution in [-0.2, 0) is 19.6 Å². The van der Waals surface area contributed by atoms with Crippen LogP contribution in [0.25, 0.3) is 0 Å². The zero-order valence-electron chi connectivity index (χ0n) is 19.3. The molecule has 0 saturated carbocycles. The Labute approximate surface area is 213 Å². The molecule has 0 aromatic heterocycles. The summed E-state index contributed by atoms with van der Waals surface area (Å²) in [7, 11) is -1.51. The molecule has 0 spiro atoms. The first kappa shape index (κ1) is 26.5. The Balaban J connectivity index is 1.79. The van der Waals surface area contributed by atoms with Gasteiger partial charge in [0.15, 0.2) is 11.5 Å². The number of anilines is 1. The van der Waals surface area contributed by atoms with Crippen molar-refractivity contribution in [2.45, 2.75) is 4.90 Å². The van der Waals surface area contributed by atoms with Crippen LogP contribution in [-0.4, -0.2) is 47.5 Å². The summed E-state index contributed by atoms with van der Waals surface area (Å²) in [4.78, 5) is 24.1. The molecule has 0 radical (unpaired) electrons. The highest BCUT2D eigenvalue weighted by atomic mass is 35.5. The molecule has 0 unspecified atom stereocenters. The lowest BCUT2D eigenvalue weighted by molar-refractivity contribution is -0.119. The second kappa shape index (κ2) is 12.0. The minimum Gasteiger partial charge on any atom is -0.493 e. The smallest absolute Gasteiger partial charge is 0.493 e. The molecule has 3 aromatic rings. The lowest BCUT2D eigenvalue weighted by Gasteiger charge is -2.23. The van der Waals surface area contributed by atoms with Gasteiger partial charge in [-0.05, 0) is 54.1 Å². The first-order chi connectivity index (χ1) is 17.2. The van der Waals surface area contributed by atoms with Gasteiger partial charge in [-0.15, -0.1) is 0 Å². The van der Waals surface area contributed by atoms with Gasteiger partial charge >= 0.3 is 6.16 Å². The van der Waals surface area contributed by atoms with Crippen LogP contribution >= 0.6 is 11.6 Å². The molecule has 0 saturated heterocycles. The van der Waals surface area contributed by atoms with E-state index in [-0.39, 0.29) is 22.1 Å². The monoisotopic (exact) mass is 531 g/mol. The van der Waals surface area contributed by atoms with Crippen molar-refractivity contribution in [1.29, 1.82) is 0 Å². The molecule has 1 N–H and O–H groups in total. The number of halogens is 1. The molecular weight excluding hydrogens is 510 g/mol. The third kappa shape index (κ3) is 6.74. The molecule has 12 heteroatoms. The van der Waals surface area contributed by atoms with Gasteiger partial charge in [0.05, 0.1) is 31.0 Å². The van der Waals surface area contributed by atoms with Crippen LogP contribution in [0.5, 0.6) is 11.5 Å². The molecule has 0 aliphatic heterocycles. The van der Waals surface area contributed by atoms with Crippen LogP contribution in [0, 0.1) is 0 Å². The fraction of sp³-hybridized carbons (Fsp3) is 0.125. The van der Waals surface area contributed by atoms with Gasteiger partial charge in [0.2, 0.25) is 0 Å². The third-order valence-electron chi connectivity index (χ3n) is 4.67. The number of nitrogens with one attached hydrogen (secondary N) is 1. The fourth-order valence-corrected chi connectivity index (χ4v) is 4.61. The van der Waals surface area contributed by atoms with Gasteiger partial charge in [-0.1, -0.05) is 35.9 Å². The van der Waals surface area contributed by atoms with E-state index in [1.54, 1.807) is 36.4 Å². The molecule has 188 valence electrons. The highest BCUT2D eigenvalue weighted by molar-refractivity contribution is 7.92. The largest absolute Gasteiger partial charge is 0.513 e. The number of rotatable bonds is 9. The van der Waals surface area contributed by atoms with E-state index in [1.807, 2.05) is 0 Å². The second-order valence-electron chi connectivity index (χ2n) is 7.06. The van der Waals surface area contributed by atoms with E-state index >= 15 is 0 Å². The minimum absolute atomic E-state index is 0.0117. The normalized spacial score (nSPS) is 11.1. The summed E-state index contributed by atoms with van der Waals surface area (Å²) >= 11 is 6.05. The van der Waals surface area contributed by atoms with Gasteiger partial charge in [-0.3, -0.25) is 9.10 Å². The third-order valence-corrected chi connectivity index (χ3v) is 6.69. The minimum atomic E-state index is -4.08. The maximum absolute atomic E-state index is 13.3. The van der Waals surface area contributed by atoms with Crippen LogP contribution in [0.4, 0.5) is 10.5 Å². The molecule has 0 heterocycles. The molecule has 0 atom stereocenters. The summed E-state index contributed by atoms with van der Waals surface area (Å²) in [5.41, 5.74) is 2.97. The highest BCUT2D eigenvalue weighted by Crippen LogP contribution is 2.28. The number of ether oxygens (including phenoxy) is 3. The van der Waals surface area contributed by atoms with Crippen LogP contribution in [0.15, 0.2) is 82.8 Å². The van der Waals surface area contributed by atoms with Crippen LogP contribution in [0.1, 0.15) is 5.56 Å².